The van der Waals surface area contributed by atoms with Crippen LogP contribution in [0.4, 0.5) is 4.39 Å². The SMILES string of the molecule is Cc1cc(-c2cc3cc([Si](C)(C)C)ccc3c[n+]2C)c(C)c(C)c1F. The summed E-state index contributed by atoms with van der Waals surface area (Å²) in [7, 11) is 0.711. The quantitative estimate of drug-likeness (QED) is 0.454. The van der Waals surface area contributed by atoms with E-state index in [4.69, 9.17) is 0 Å². The molecular formula is C22H27FNSi+. The molecular weight excluding hydrogens is 325 g/mol. The summed E-state index contributed by atoms with van der Waals surface area (Å²) in [5.74, 6) is -0.0919. The summed E-state index contributed by atoms with van der Waals surface area (Å²) in [5.41, 5.74) is 4.70. The van der Waals surface area contributed by atoms with Gasteiger partial charge in [0, 0.05) is 17.0 Å². The van der Waals surface area contributed by atoms with Crippen molar-refractivity contribution in [1.29, 1.82) is 0 Å². The maximum absolute atomic E-state index is 14.2. The monoisotopic (exact) mass is 352 g/mol. The zero-order chi connectivity index (χ0) is 18.5. The number of benzene rings is 2. The minimum atomic E-state index is -1.35. The lowest BCUT2D eigenvalue weighted by atomic mass is 9.96. The average Bonchev–Trinajstić information content (AvgIpc) is 2.54. The van der Waals surface area contributed by atoms with E-state index in [-0.39, 0.29) is 5.82 Å². The molecule has 0 aliphatic rings. The molecule has 1 nitrogen and oxygen atoms in total. The van der Waals surface area contributed by atoms with Gasteiger partial charge in [-0.1, -0.05) is 37.0 Å². The topological polar surface area (TPSA) is 3.88 Å². The highest BCUT2D eigenvalue weighted by atomic mass is 28.3. The fourth-order valence-corrected chi connectivity index (χ4v) is 4.57. The highest BCUT2D eigenvalue weighted by Gasteiger charge is 2.20. The number of hydrogen-bond donors (Lipinski definition) is 0. The Morgan fingerprint density at radius 1 is 0.880 bits per heavy atom. The van der Waals surface area contributed by atoms with Crippen LogP contribution in [0.2, 0.25) is 19.6 Å². The Labute approximate surface area is 151 Å². The molecule has 0 spiro atoms. The molecule has 130 valence electrons. The zero-order valence-electron chi connectivity index (χ0n) is 16.3. The second-order valence-corrected chi connectivity index (χ2v) is 13.2. The highest BCUT2D eigenvalue weighted by Crippen LogP contribution is 2.29. The standard InChI is InChI=1S/C22H27FNSi/c1-14-10-20(15(2)16(3)22(14)23)21-12-18-11-19(25(5,6)7)9-8-17(18)13-24(21)4/h8-13H,1-7H3/q+1. The van der Waals surface area contributed by atoms with Gasteiger partial charge < -0.3 is 0 Å². The lowest BCUT2D eigenvalue weighted by Crippen LogP contribution is -2.37. The largest absolute Gasteiger partial charge is 0.213 e. The van der Waals surface area contributed by atoms with Gasteiger partial charge in [-0.25, -0.2) is 8.96 Å². The fourth-order valence-electron chi connectivity index (χ4n) is 3.40. The minimum Gasteiger partial charge on any atom is -0.206 e. The maximum atomic E-state index is 14.2. The number of pyridine rings is 1. The molecule has 3 aromatic rings. The van der Waals surface area contributed by atoms with E-state index in [1.807, 2.05) is 26.8 Å². The van der Waals surface area contributed by atoms with Gasteiger partial charge in [-0.15, -0.1) is 0 Å². The van der Waals surface area contributed by atoms with Gasteiger partial charge in [0.05, 0.1) is 8.07 Å². The number of fused-ring (bicyclic) bond motifs is 1. The second kappa shape index (κ2) is 6.06. The van der Waals surface area contributed by atoms with Crippen molar-refractivity contribution in [2.75, 3.05) is 0 Å². The zero-order valence-corrected chi connectivity index (χ0v) is 17.3. The van der Waals surface area contributed by atoms with Gasteiger partial charge in [0.25, 0.3) is 0 Å². The van der Waals surface area contributed by atoms with E-state index in [0.29, 0.717) is 5.56 Å². The number of aromatic nitrogens is 1. The number of hydrogen-bond acceptors (Lipinski definition) is 0. The van der Waals surface area contributed by atoms with E-state index in [9.17, 15) is 4.39 Å². The number of nitrogens with zero attached hydrogens (tertiary/aromatic N) is 1. The predicted molar refractivity (Wildman–Crippen MR) is 108 cm³/mol. The molecule has 0 aliphatic heterocycles. The smallest absolute Gasteiger partial charge is 0.206 e. The molecule has 0 N–H and O–H groups in total. The summed E-state index contributed by atoms with van der Waals surface area (Å²) in [5, 5.41) is 3.96. The molecule has 3 heteroatoms. The lowest BCUT2D eigenvalue weighted by molar-refractivity contribution is -0.659. The molecule has 0 unspecified atom stereocenters. The third-order valence-electron chi connectivity index (χ3n) is 5.24. The van der Waals surface area contributed by atoms with Crippen molar-refractivity contribution in [1.82, 2.24) is 0 Å². The third-order valence-corrected chi connectivity index (χ3v) is 7.28. The van der Waals surface area contributed by atoms with Crippen LogP contribution in [0.3, 0.4) is 0 Å². The number of halogens is 1. The van der Waals surface area contributed by atoms with Crippen LogP contribution in [0.5, 0.6) is 0 Å². The first-order valence-corrected chi connectivity index (χ1v) is 12.3. The van der Waals surface area contributed by atoms with Gasteiger partial charge >= 0.3 is 0 Å². The molecule has 0 amide bonds. The van der Waals surface area contributed by atoms with E-state index in [1.54, 1.807) is 0 Å². The molecule has 0 atom stereocenters. The molecule has 0 fully saturated rings. The molecule has 0 saturated heterocycles. The Bertz CT molecular complexity index is 984. The van der Waals surface area contributed by atoms with Crippen LogP contribution in [-0.4, -0.2) is 8.07 Å². The molecule has 0 radical (unpaired) electrons. The second-order valence-electron chi connectivity index (χ2n) is 8.17. The summed E-state index contributed by atoms with van der Waals surface area (Å²) >= 11 is 0. The van der Waals surface area contributed by atoms with Crippen molar-refractivity contribution in [2.45, 2.75) is 40.4 Å². The summed E-state index contributed by atoms with van der Waals surface area (Å²) in [6, 6.07) is 11.1. The van der Waals surface area contributed by atoms with Crippen LogP contribution in [0.15, 0.2) is 36.5 Å². The highest BCUT2D eigenvalue weighted by molar-refractivity contribution is 6.88. The summed E-state index contributed by atoms with van der Waals surface area (Å²) in [4.78, 5) is 0. The van der Waals surface area contributed by atoms with Crippen LogP contribution in [-0.2, 0) is 7.05 Å². The molecule has 0 aliphatic carbocycles. The summed E-state index contributed by atoms with van der Waals surface area (Å²) < 4.78 is 16.4. The normalized spacial score (nSPS) is 12.0. The van der Waals surface area contributed by atoms with E-state index in [1.165, 1.54) is 16.0 Å². The van der Waals surface area contributed by atoms with Crippen molar-refractivity contribution in [3.63, 3.8) is 0 Å². The molecule has 25 heavy (non-hydrogen) atoms. The first kappa shape index (κ1) is 17.8. The average molecular weight is 353 g/mol. The minimum absolute atomic E-state index is 0.0919. The Kier molecular flexibility index (Phi) is 4.32. The van der Waals surface area contributed by atoms with Crippen LogP contribution < -0.4 is 9.75 Å². The Hall–Kier alpha value is -2.00. The number of aryl methyl sites for hydroxylation is 2. The maximum Gasteiger partial charge on any atom is 0.213 e. The molecule has 0 saturated carbocycles. The van der Waals surface area contributed by atoms with Gasteiger partial charge in [-0.2, -0.15) is 0 Å². The van der Waals surface area contributed by atoms with Crippen LogP contribution in [0.25, 0.3) is 22.0 Å². The molecule has 2 aromatic carbocycles. The van der Waals surface area contributed by atoms with E-state index in [2.05, 4.69) is 61.7 Å². The Morgan fingerprint density at radius 3 is 2.20 bits per heavy atom. The van der Waals surface area contributed by atoms with Crippen molar-refractivity contribution >= 4 is 24.0 Å². The van der Waals surface area contributed by atoms with E-state index in [0.717, 1.165) is 22.4 Å². The Balaban J connectivity index is 2.28. The van der Waals surface area contributed by atoms with Gasteiger partial charge in [0.1, 0.15) is 12.9 Å². The van der Waals surface area contributed by atoms with Crippen LogP contribution in [0, 0.1) is 26.6 Å². The molecule has 1 aromatic heterocycles. The first-order chi connectivity index (χ1) is 11.6. The Morgan fingerprint density at radius 2 is 1.56 bits per heavy atom. The van der Waals surface area contributed by atoms with Gasteiger partial charge in [0.15, 0.2) is 6.20 Å². The number of rotatable bonds is 2. The van der Waals surface area contributed by atoms with Crippen molar-refractivity contribution in [2.24, 2.45) is 7.05 Å². The van der Waals surface area contributed by atoms with E-state index < -0.39 is 8.07 Å². The van der Waals surface area contributed by atoms with Crippen LogP contribution >= 0.6 is 0 Å². The van der Waals surface area contributed by atoms with Gasteiger partial charge in [-0.05, 0) is 55.0 Å². The predicted octanol–water partition coefficient (Wildman–Crippen LogP) is 4.94. The third kappa shape index (κ3) is 3.13. The lowest BCUT2D eigenvalue weighted by Gasteiger charge is -2.17. The van der Waals surface area contributed by atoms with Crippen molar-refractivity contribution < 1.29 is 8.96 Å². The van der Waals surface area contributed by atoms with Gasteiger partial charge in [-0.3, -0.25) is 0 Å². The first-order valence-electron chi connectivity index (χ1n) is 8.80. The fraction of sp³-hybridized carbons (Fsp3) is 0.318. The molecule has 3 rings (SSSR count). The molecule has 0 bridgehead atoms. The van der Waals surface area contributed by atoms with E-state index >= 15 is 0 Å². The summed E-state index contributed by atoms with van der Waals surface area (Å²) in [6.07, 6.45) is 2.17. The van der Waals surface area contributed by atoms with Crippen molar-refractivity contribution in [3.8, 4) is 11.3 Å². The summed E-state index contributed by atoms with van der Waals surface area (Å²) in [6.45, 7) is 12.8. The van der Waals surface area contributed by atoms with Gasteiger partial charge in [0.2, 0.25) is 5.69 Å². The molecule has 1 heterocycles. The van der Waals surface area contributed by atoms with Crippen LogP contribution in [0.1, 0.15) is 16.7 Å². The van der Waals surface area contributed by atoms with Crippen molar-refractivity contribution in [3.05, 3.63) is 59.0 Å².